The molecule has 12 radical (unpaired) electrons. The molecule has 0 aliphatic carbocycles. The molecule has 0 saturated carbocycles. The average molecular weight is 225 g/mol. The summed E-state index contributed by atoms with van der Waals surface area (Å²) in [5, 5.41) is 0. The van der Waals surface area contributed by atoms with E-state index < -0.39 is 0 Å². The van der Waals surface area contributed by atoms with E-state index in [0.29, 0.717) is 0 Å². The molecule has 0 rings (SSSR count). The number of rotatable bonds is 0. The van der Waals surface area contributed by atoms with Crippen molar-refractivity contribution in [3.63, 3.8) is 0 Å². The first-order valence-electron chi connectivity index (χ1n) is 0. The van der Waals surface area contributed by atoms with Gasteiger partial charge in [-0.3, -0.25) is 0 Å². The molecule has 12 valence electrons. The second-order valence-corrected chi connectivity index (χ2v) is 0. The van der Waals surface area contributed by atoms with Crippen LogP contribution in [0.5, 0.6) is 0 Å². The van der Waals surface area contributed by atoms with Gasteiger partial charge in [0.25, 0.3) is 0 Å². The molecule has 0 atom stereocenters. The minimum atomic E-state index is 0. The van der Waals surface area contributed by atoms with E-state index in [4.69, 9.17) is 0 Å². The Morgan fingerprint density at radius 1 is 0.333 bits per heavy atom. The SMILES string of the molecule is [Ca].[Ca].[Ca].[Ca].[Ca].[Mg]. The van der Waals surface area contributed by atoms with Gasteiger partial charge in [0.15, 0.2) is 0 Å². The summed E-state index contributed by atoms with van der Waals surface area (Å²) in [5.41, 5.74) is 0. The molecule has 0 aromatic rings. The first kappa shape index (κ1) is 38.1. The summed E-state index contributed by atoms with van der Waals surface area (Å²) in [4.78, 5) is 0. The van der Waals surface area contributed by atoms with Crippen molar-refractivity contribution in [2.45, 2.75) is 0 Å². The van der Waals surface area contributed by atoms with Crippen LogP contribution < -0.4 is 0 Å². The van der Waals surface area contributed by atoms with Crippen LogP contribution in [0.4, 0.5) is 0 Å². The third kappa shape index (κ3) is 22.5. The van der Waals surface area contributed by atoms with Crippen LogP contribution in [0.3, 0.4) is 0 Å². The van der Waals surface area contributed by atoms with Gasteiger partial charge in [0.2, 0.25) is 0 Å². The third-order valence-corrected chi connectivity index (χ3v) is 0. The zero-order chi connectivity index (χ0) is 0. The van der Waals surface area contributed by atoms with Crippen LogP contribution in [-0.2, 0) is 0 Å². The van der Waals surface area contributed by atoms with Crippen molar-refractivity contribution in [2.75, 3.05) is 0 Å². The van der Waals surface area contributed by atoms with E-state index in [2.05, 4.69) is 0 Å². The maximum absolute atomic E-state index is 0. The minimum absolute atomic E-state index is 0. The third-order valence-electron chi connectivity index (χ3n) is 0. The fourth-order valence-electron chi connectivity index (χ4n) is 0. The molecule has 0 aliphatic heterocycles. The van der Waals surface area contributed by atoms with Gasteiger partial charge in [0.1, 0.15) is 0 Å². The molecule has 0 bridgehead atoms. The molecule has 0 spiro atoms. The molecule has 0 N–H and O–H groups in total. The fourth-order valence-corrected chi connectivity index (χ4v) is 0. The molecule has 0 nitrogen and oxygen atoms in total. The van der Waals surface area contributed by atoms with Crippen molar-refractivity contribution in [3.05, 3.63) is 0 Å². The Kier molecular flexibility index (Phi) is 188. The molecule has 0 unspecified atom stereocenters. The van der Waals surface area contributed by atoms with E-state index in [0.717, 1.165) is 0 Å². The Morgan fingerprint density at radius 3 is 0.333 bits per heavy atom. The van der Waals surface area contributed by atoms with Gasteiger partial charge in [-0.15, -0.1) is 0 Å². The van der Waals surface area contributed by atoms with E-state index in [1.807, 2.05) is 0 Å². The van der Waals surface area contributed by atoms with Crippen LogP contribution in [0.2, 0.25) is 0 Å². The fraction of sp³-hybridized carbons (Fsp3) is 0. The number of hydrogen-bond donors (Lipinski definition) is 0. The van der Waals surface area contributed by atoms with Gasteiger partial charge in [-0.2, -0.15) is 0 Å². The smallest absolute Gasteiger partial charge is 0 e. The van der Waals surface area contributed by atoms with Crippen molar-refractivity contribution in [3.8, 4) is 0 Å². The Balaban J connectivity index is 0. The van der Waals surface area contributed by atoms with Crippen LogP contribution >= 0.6 is 0 Å². The quantitative estimate of drug-likeness (QED) is 0.407. The summed E-state index contributed by atoms with van der Waals surface area (Å²) in [6, 6.07) is 0. The van der Waals surface area contributed by atoms with Gasteiger partial charge < -0.3 is 0 Å². The van der Waals surface area contributed by atoms with Gasteiger partial charge in [0.05, 0.1) is 0 Å². The van der Waals surface area contributed by atoms with Crippen LogP contribution in [0, 0.1) is 0 Å². The van der Waals surface area contributed by atoms with Crippen LogP contribution in [0.1, 0.15) is 0 Å². The molecular formula is Ca5Mg. The van der Waals surface area contributed by atoms with Gasteiger partial charge in [-0.1, -0.05) is 0 Å². The van der Waals surface area contributed by atoms with Crippen LogP contribution in [-0.4, -0.2) is 212 Å². The maximum Gasteiger partial charge on any atom is 0 e. The summed E-state index contributed by atoms with van der Waals surface area (Å²) in [6.07, 6.45) is 0. The zero-order valence-corrected chi connectivity index (χ0v) is 16.7. The van der Waals surface area contributed by atoms with E-state index in [1.165, 1.54) is 0 Å². The molecule has 0 aliphatic rings. The average Bonchev–Trinajstić information content (AvgIpc) is 0. The summed E-state index contributed by atoms with van der Waals surface area (Å²) < 4.78 is 0. The molecule has 0 fully saturated rings. The predicted molar refractivity (Wildman–Crippen MR) is 34.5 cm³/mol. The molecule has 6 heavy (non-hydrogen) atoms. The zero-order valence-electron chi connectivity index (χ0n) is 4.24. The first-order chi connectivity index (χ1) is 0. The molecule has 0 aromatic carbocycles. The second kappa shape index (κ2) is 29.6. The Hall–Kier alpha value is 7.06. The molecule has 0 heterocycles. The molecule has 0 aromatic heterocycles. The molecule has 6 heteroatoms. The van der Waals surface area contributed by atoms with Crippen LogP contribution in [0.15, 0.2) is 0 Å². The van der Waals surface area contributed by atoms with E-state index >= 15 is 0 Å². The number of hydrogen-bond acceptors (Lipinski definition) is 0. The van der Waals surface area contributed by atoms with Crippen molar-refractivity contribution < 1.29 is 0 Å². The second-order valence-electron chi connectivity index (χ2n) is 0. The first-order valence-corrected chi connectivity index (χ1v) is 0. The summed E-state index contributed by atoms with van der Waals surface area (Å²) in [5.74, 6) is 0. The Morgan fingerprint density at radius 2 is 0.333 bits per heavy atom. The molecule has 0 saturated heterocycles. The molecular weight excluding hydrogens is 225 g/mol. The van der Waals surface area contributed by atoms with Gasteiger partial charge in [-0.25, -0.2) is 0 Å². The van der Waals surface area contributed by atoms with Gasteiger partial charge in [0, 0.05) is 212 Å². The maximum atomic E-state index is 0. The summed E-state index contributed by atoms with van der Waals surface area (Å²) >= 11 is 0. The molecule has 0 amide bonds. The predicted octanol–water partition coefficient (Wildman–Crippen LogP) is -2.28. The Labute approximate surface area is 204 Å². The standard InChI is InChI=1S/5Ca.Mg. The topological polar surface area (TPSA) is 0 Å². The van der Waals surface area contributed by atoms with Crippen molar-refractivity contribution >= 4 is 212 Å². The van der Waals surface area contributed by atoms with E-state index in [1.54, 1.807) is 0 Å². The largest absolute Gasteiger partial charge is 0 e. The van der Waals surface area contributed by atoms with E-state index in [9.17, 15) is 0 Å². The summed E-state index contributed by atoms with van der Waals surface area (Å²) in [6.45, 7) is 0. The van der Waals surface area contributed by atoms with Gasteiger partial charge >= 0.3 is 0 Å². The van der Waals surface area contributed by atoms with Crippen molar-refractivity contribution in [1.82, 2.24) is 0 Å². The monoisotopic (exact) mass is 224 g/mol. The normalized spacial score (nSPS) is 0. The van der Waals surface area contributed by atoms with Gasteiger partial charge in [-0.05, 0) is 0 Å². The summed E-state index contributed by atoms with van der Waals surface area (Å²) in [7, 11) is 0. The van der Waals surface area contributed by atoms with Crippen molar-refractivity contribution in [2.24, 2.45) is 0 Å². The van der Waals surface area contributed by atoms with E-state index in [-0.39, 0.29) is 212 Å². The minimum Gasteiger partial charge on any atom is 0 e. The van der Waals surface area contributed by atoms with Crippen LogP contribution in [0.25, 0.3) is 0 Å². The van der Waals surface area contributed by atoms with Crippen molar-refractivity contribution in [1.29, 1.82) is 0 Å². The Bertz CT molecular complexity index is 3.90.